The van der Waals surface area contributed by atoms with Crippen molar-refractivity contribution in [3.63, 3.8) is 0 Å². The molecule has 34 heavy (non-hydrogen) atoms. The second kappa shape index (κ2) is 7.49. The van der Waals surface area contributed by atoms with E-state index in [1.54, 1.807) is 6.20 Å². The molecule has 4 nitrogen and oxygen atoms in total. The summed E-state index contributed by atoms with van der Waals surface area (Å²) in [6.07, 6.45) is 8.03. The van der Waals surface area contributed by atoms with Crippen molar-refractivity contribution in [3.05, 3.63) is 66.4 Å². The largest absolute Gasteiger partial charge is 0.366 e. The number of rotatable bonds is 3. The van der Waals surface area contributed by atoms with E-state index in [4.69, 9.17) is 9.97 Å². The predicted molar refractivity (Wildman–Crippen MR) is 132 cm³/mol. The molecule has 170 valence electrons. The fraction of sp³-hybridized carbons (Fsp3) is 0.286. The first-order valence-corrected chi connectivity index (χ1v) is 12.1. The lowest BCUT2D eigenvalue weighted by molar-refractivity contribution is 0.157. The summed E-state index contributed by atoms with van der Waals surface area (Å²) in [7, 11) is 0. The molecule has 0 spiro atoms. The first-order valence-electron chi connectivity index (χ1n) is 12.1. The summed E-state index contributed by atoms with van der Waals surface area (Å²) in [5.41, 5.74) is 1.67. The molecule has 3 aliphatic carbocycles. The number of anilines is 1. The minimum Gasteiger partial charge on any atom is -0.366 e. The number of hydrogen-bond donors (Lipinski definition) is 2. The van der Waals surface area contributed by atoms with Gasteiger partial charge in [0.05, 0.1) is 11.0 Å². The van der Waals surface area contributed by atoms with E-state index in [1.807, 2.05) is 12.1 Å². The molecule has 1 atom stereocenters. The summed E-state index contributed by atoms with van der Waals surface area (Å²) >= 11 is 0. The third kappa shape index (κ3) is 3.16. The van der Waals surface area contributed by atoms with Crippen LogP contribution in [-0.2, 0) is 0 Å². The molecule has 2 aromatic heterocycles. The number of halogens is 2. The fourth-order valence-corrected chi connectivity index (χ4v) is 6.12. The third-order valence-electron chi connectivity index (χ3n) is 7.88. The number of benzene rings is 3. The maximum Gasteiger partial charge on any atom is 0.164 e. The quantitative estimate of drug-likeness (QED) is 0.284. The predicted octanol–water partition coefficient (Wildman–Crippen LogP) is 7.20. The number of aromatic amines is 1. The van der Waals surface area contributed by atoms with Crippen LogP contribution in [-0.4, -0.2) is 21.0 Å². The zero-order valence-corrected chi connectivity index (χ0v) is 18.6. The van der Waals surface area contributed by atoms with Crippen molar-refractivity contribution < 1.29 is 8.78 Å². The van der Waals surface area contributed by atoms with Crippen molar-refractivity contribution in [2.45, 2.75) is 38.1 Å². The highest BCUT2D eigenvalue weighted by Gasteiger charge is 2.36. The van der Waals surface area contributed by atoms with Gasteiger partial charge in [0.1, 0.15) is 17.5 Å². The Morgan fingerprint density at radius 1 is 0.882 bits per heavy atom. The molecule has 5 aromatic rings. The first-order chi connectivity index (χ1) is 16.6. The van der Waals surface area contributed by atoms with Gasteiger partial charge < -0.3 is 10.3 Å². The fourth-order valence-electron chi connectivity index (χ4n) is 6.12. The van der Waals surface area contributed by atoms with Crippen LogP contribution in [0.15, 0.2) is 54.7 Å². The van der Waals surface area contributed by atoms with Crippen LogP contribution < -0.4 is 5.32 Å². The highest BCUT2D eigenvalue weighted by atomic mass is 19.1. The minimum atomic E-state index is -0.621. The lowest BCUT2D eigenvalue weighted by Gasteiger charge is -2.43. The van der Waals surface area contributed by atoms with E-state index in [1.165, 1.54) is 38.2 Å². The summed E-state index contributed by atoms with van der Waals surface area (Å²) in [5.74, 6) is 1.47. The van der Waals surface area contributed by atoms with Gasteiger partial charge in [0.25, 0.3) is 0 Å². The van der Waals surface area contributed by atoms with E-state index in [0.717, 1.165) is 39.5 Å². The van der Waals surface area contributed by atoms with E-state index in [2.05, 4.69) is 34.6 Å². The van der Waals surface area contributed by atoms with Crippen LogP contribution in [0.25, 0.3) is 44.0 Å². The summed E-state index contributed by atoms with van der Waals surface area (Å²) < 4.78 is 28.4. The van der Waals surface area contributed by atoms with Crippen LogP contribution in [0.5, 0.6) is 0 Å². The lowest BCUT2D eigenvalue weighted by Crippen LogP contribution is -2.40. The summed E-state index contributed by atoms with van der Waals surface area (Å²) in [5, 5.41) is 7.43. The van der Waals surface area contributed by atoms with Crippen molar-refractivity contribution in [1.82, 2.24) is 15.0 Å². The highest BCUT2D eigenvalue weighted by molar-refractivity contribution is 6.03. The molecule has 2 heterocycles. The molecular weight excluding hydrogens is 430 g/mol. The highest BCUT2D eigenvalue weighted by Crippen LogP contribution is 2.43. The molecule has 3 saturated carbocycles. The third-order valence-corrected chi connectivity index (χ3v) is 7.88. The van der Waals surface area contributed by atoms with Gasteiger partial charge in [0, 0.05) is 34.6 Å². The number of aromatic nitrogens is 3. The van der Waals surface area contributed by atoms with E-state index in [0.29, 0.717) is 28.7 Å². The van der Waals surface area contributed by atoms with Crippen LogP contribution in [0.1, 0.15) is 32.1 Å². The van der Waals surface area contributed by atoms with Crippen LogP contribution in [0.2, 0.25) is 0 Å². The van der Waals surface area contributed by atoms with Crippen LogP contribution in [0, 0.1) is 23.5 Å². The van der Waals surface area contributed by atoms with Crippen molar-refractivity contribution in [1.29, 1.82) is 0 Å². The molecule has 3 fully saturated rings. The monoisotopic (exact) mass is 454 g/mol. The molecule has 0 amide bonds. The molecule has 3 aromatic carbocycles. The Bertz CT molecular complexity index is 1570. The zero-order valence-electron chi connectivity index (χ0n) is 18.6. The molecule has 6 heteroatoms. The topological polar surface area (TPSA) is 53.6 Å². The van der Waals surface area contributed by atoms with Crippen molar-refractivity contribution in [3.8, 4) is 11.4 Å². The molecule has 0 aliphatic heterocycles. The smallest absolute Gasteiger partial charge is 0.164 e. The summed E-state index contributed by atoms with van der Waals surface area (Å²) in [6, 6.07) is 15.1. The van der Waals surface area contributed by atoms with E-state index in [-0.39, 0.29) is 5.52 Å². The van der Waals surface area contributed by atoms with Crippen LogP contribution in [0.4, 0.5) is 14.6 Å². The SMILES string of the molecule is Fc1cc(F)c2[nH]cc(-c3nc(N[C@@H]4CC5CCC4CC5)c4cc5ccccc5cc4n3)c2c1. The second-order valence-corrected chi connectivity index (χ2v) is 9.89. The summed E-state index contributed by atoms with van der Waals surface area (Å²) in [6.45, 7) is 0. The van der Waals surface area contributed by atoms with Gasteiger partial charge in [-0.3, -0.25) is 0 Å². The van der Waals surface area contributed by atoms with E-state index >= 15 is 0 Å². The first kappa shape index (κ1) is 19.9. The Morgan fingerprint density at radius 2 is 1.68 bits per heavy atom. The zero-order chi connectivity index (χ0) is 22.8. The number of H-pyrrole nitrogens is 1. The molecular formula is C28H24F2N4. The number of hydrogen-bond acceptors (Lipinski definition) is 3. The van der Waals surface area contributed by atoms with E-state index < -0.39 is 11.6 Å². The Kier molecular flexibility index (Phi) is 4.38. The van der Waals surface area contributed by atoms with Crippen molar-refractivity contribution in [2.24, 2.45) is 11.8 Å². The maximum absolute atomic E-state index is 14.4. The van der Waals surface area contributed by atoms with Gasteiger partial charge in [-0.2, -0.15) is 0 Å². The molecule has 0 unspecified atom stereocenters. The van der Waals surface area contributed by atoms with Crippen LogP contribution >= 0.6 is 0 Å². The Balaban J connectivity index is 1.43. The Hall–Kier alpha value is -3.54. The molecule has 2 bridgehead atoms. The van der Waals surface area contributed by atoms with Gasteiger partial charge in [-0.05, 0) is 60.1 Å². The summed E-state index contributed by atoms with van der Waals surface area (Å²) in [4.78, 5) is 12.8. The Morgan fingerprint density at radius 3 is 2.44 bits per heavy atom. The maximum atomic E-state index is 14.4. The minimum absolute atomic E-state index is 0.262. The van der Waals surface area contributed by atoms with Crippen molar-refractivity contribution in [2.75, 3.05) is 5.32 Å². The Labute approximate surface area is 195 Å². The molecule has 0 saturated heterocycles. The molecule has 2 N–H and O–H groups in total. The van der Waals surface area contributed by atoms with Crippen molar-refractivity contribution >= 4 is 38.4 Å². The van der Waals surface area contributed by atoms with Crippen LogP contribution in [0.3, 0.4) is 0 Å². The standard InChI is InChI=1S/C28H24F2N4/c29-19-12-20-22(14-31-26(20)23(30)13-19)28-33-25-11-18-4-2-1-3-17(18)10-21(25)27(34-28)32-24-9-15-5-7-16(24)8-6-15/h1-4,10-16,24,31H,5-9H2,(H,32,33,34)/t15?,16?,24-/m1/s1. The lowest BCUT2D eigenvalue weighted by atomic mass is 9.68. The number of fused-ring (bicyclic) bond motifs is 6. The number of nitrogens with one attached hydrogen (secondary N) is 2. The average molecular weight is 455 g/mol. The van der Waals surface area contributed by atoms with Gasteiger partial charge in [-0.25, -0.2) is 18.7 Å². The van der Waals surface area contributed by atoms with Gasteiger partial charge in [0.2, 0.25) is 0 Å². The number of nitrogens with zero attached hydrogens (tertiary/aromatic N) is 2. The molecule has 0 radical (unpaired) electrons. The normalized spacial score (nSPS) is 22.1. The van der Waals surface area contributed by atoms with E-state index in [9.17, 15) is 8.78 Å². The molecule has 8 rings (SSSR count). The van der Waals surface area contributed by atoms with Gasteiger partial charge in [-0.1, -0.05) is 37.1 Å². The molecule has 3 aliphatic rings. The second-order valence-electron chi connectivity index (χ2n) is 9.89. The van der Waals surface area contributed by atoms with Gasteiger partial charge >= 0.3 is 0 Å². The van der Waals surface area contributed by atoms with Gasteiger partial charge in [-0.15, -0.1) is 0 Å². The van der Waals surface area contributed by atoms with Gasteiger partial charge in [0.15, 0.2) is 5.82 Å². The average Bonchev–Trinajstić information content (AvgIpc) is 3.28.